The summed E-state index contributed by atoms with van der Waals surface area (Å²) in [5.41, 5.74) is 1.21. The number of nitrogens with zero attached hydrogens (tertiary/aromatic N) is 2. The van der Waals surface area contributed by atoms with Gasteiger partial charge in [-0.05, 0) is 18.2 Å². The maximum absolute atomic E-state index is 8.77. The molecule has 0 saturated carbocycles. The van der Waals surface area contributed by atoms with Crippen molar-refractivity contribution in [1.29, 1.82) is 10.5 Å². The highest BCUT2D eigenvalue weighted by molar-refractivity contribution is 6.30. The lowest BCUT2D eigenvalue weighted by Gasteiger charge is -2.05. The van der Waals surface area contributed by atoms with Gasteiger partial charge in [-0.1, -0.05) is 11.6 Å². The zero-order chi connectivity index (χ0) is 10.4. The molecule has 0 aliphatic rings. The molecule has 0 aliphatic carbocycles. The second kappa shape index (κ2) is 5.11. The van der Waals surface area contributed by atoms with Gasteiger partial charge in [0, 0.05) is 11.6 Å². The van der Waals surface area contributed by atoms with E-state index in [4.69, 9.17) is 22.1 Å². The smallest absolute Gasteiger partial charge is 0.101 e. The third-order valence-corrected chi connectivity index (χ3v) is 1.89. The van der Waals surface area contributed by atoms with E-state index in [9.17, 15) is 0 Å². The van der Waals surface area contributed by atoms with Gasteiger partial charge in [0.2, 0.25) is 0 Å². The molecule has 3 nitrogen and oxygen atoms in total. The fourth-order valence-corrected chi connectivity index (χ4v) is 1.19. The van der Waals surface area contributed by atoms with E-state index in [0.29, 0.717) is 29.2 Å². The summed E-state index contributed by atoms with van der Waals surface area (Å²) in [4.78, 5) is 0. The first-order chi connectivity index (χ1) is 6.77. The van der Waals surface area contributed by atoms with Crippen LogP contribution in [0.15, 0.2) is 18.2 Å². The van der Waals surface area contributed by atoms with Crippen LogP contribution in [0.2, 0.25) is 5.02 Å². The lowest BCUT2D eigenvalue weighted by atomic mass is 10.2. The topological polar surface area (TPSA) is 59.6 Å². The molecule has 4 heteroatoms. The lowest BCUT2D eigenvalue weighted by Crippen LogP contribution is -2.02. The normalized spacial score (nSPS) is 8.79. The summed E-state index contributed by atoms with van der Waals surface area (Å²) in [5, 5.41) is 20.7. The predicted octanol–water partition coefficient (Wildman–Crippen LogP) is 2.54. The molecule has 1 N–H and O–H groups in total. The van der Waals surface area contributed by atoms with E-state index in [1.807, 2.05) is 12.1 Å². The third kappa shape index (κ3) is 2.65. The first-order valence-electron chi connectivity index (χ1n) is 4.08. The van der Waals surface area contributed by atoms with Crippen LogP contribution in [0.4, 0.5) is 5.69 Å². The van der Waals surface area contributed by atoms with Crippen LogP contribution in [0.5, 0.6) is 0 Å². The van der Waals surface area contributed by atoms with Gasteiger partial charge in [0.15, 0.2) is 0 Å². The monoisotopic (exact) mass is 205 g/mol. The van der Waals surface area contributed by atoms with E-state index in [-0.39, 0.29) is 0 Å². The molecule has 0 unspecified atom stereocenters. The first kappa shape index (κ1) is 10.4. The average Bonchev–Trinajstić information content (AvgIpc) is 2.19. The van der Waals surface area contributed by atoms with Crippen LogP contribution in [0, 0.1) is 22.7 Å². The molecule has 0 aromatic heterocycles. The predicted molar refractivity (Wildman–Crippen MR) is 54.9 cm³/mol. The zero-order valence-electron chi connectivity index (χ0n) is 7.42. The Labute approximate surface area is 87.5 Å². The molecule has 0 aliphatic heterocycles. The van der Waals surface area contributed by atoms with E-state index >= 15 is 0 Å². The number of hydrogen-bond acceptors (Lipinski definition) is 3. The van der Waals surface area contributed by atoms with Gasteiger partial charge >= 0.3 is 0 Å². The van der Waals surface area contributed by atoms with Gasteiger partial charge < -0.3 is 5.32 Å². The number of benzene rings is 1. The Hall–Kier alpha value is -1.71. The fourth-order valence-electron chi connectivity index (χ4n) is 1.01. The minimum absolute atomic E-state index is 0.400. The third-order valence-electron chi connectivity index (χ3n) is 1.65. The molecule has 0 bridgehead atoms. The van der Waals surface area contributed by atoms with Crippen molar-refractivity contribution in [3.63, 3.8) is 0 Å². The molecule has 14 heavy (non-hydrogen) atoms. The van der Waals surface area contributed by atoms with Gasteiger partial charge in [0.1, 0.15) is 6.07 Å². The quantitative estimate of drug-likeness (QED) is 0.772. The van der Waals surface area contributed by atoms with Gasteiger partial charge in [0.25, 0.3) is 0 Å². The summed E-state index contributed by atoms with van der Waals surface area (Å²) < 4.78 is 0. The molecule has 0 fully saturated rings. The Bertz CT molecular complexity index is 401. The molecule has 0 heterocycles. The lowest BCUT2D eigenvalue weighted by molar-refractivity contribution is 1.07. The Morgan fingerprint density at radius 2 is 2.14 bits per heavy atom. The van der Waals surface area contributed by atoms with Gasteiger partial charge in [-0.2, -0.15) is 10.5 Å². The largest absolute Gasteiger partial charge is 0.383 e. The first-order valence-corrected chi connectivity index (χ1v) is 4.46. The molecular weight excluding hydrogens is 198 g/mol. The van der Waals surface area contributed by atoms with Crippen LogP contribution in [-0.4, -0.2) is 6.54 Å². The molecule has 0 amide bonds. The maximum Gasteiger partial charge on any atom is 0.101 e. The van der Waals surface area contributed by atoms with Crippen molar-refractivity contribution in [2.45, 2.75) is 6.42 Å². The second-order valence-corrected chi connectivity index (χ2v) is 3.07. The number of rotatable bonds is 3. The Kier molecular flexibility index (Phi) is 3.79. The molecule has 1 aromatic rings. The van der Waals surface area contributed by atoms with Crippen molar-refractivity contribution in [2.24, 2.45) is 0 Å². The number of anilines is 1. The van der Waals surface area contributed by atoms with Crippen molar-refractivity contribution in [2.75, 3.05) is 11.9 Å². The minimum Gasteiger partial charge on any atom is -0.383 e. The van der Waals surface area contributed by atoms with Crippen molar-refractivity contribution >= 4 is 17.3 Å². The minimum atomic E-state index is 0.400. The van der Waals surface area contributed by atoms with Gasteiger partial charge in [-0.15, -0.1) is 0 Å². The molecule has 0 spiro atoms. The van der Waals surface area contributed by atoms with E-state index in [1.54, 1.807) is 18.2 Å². The van der Waals surface area contributed by atoms with Crippen LogP contribution in [-0.2, 0) is 0 Å². The van der Waals surface area contributed by atoms with E-state index in [1.165, 1.54) is 0 Å². The molecule has 70 valence electrons. The zero-order valence-corrected chi connectivity index (χ0v) is 8.17. The molecule has 1 rings (SSSR count). The highest BCUT2D eigenvalue weighted by atomic mass is 35.5. The van der Waals surface area contributed by atoms with Crippen molar-refractivity contribution in [1.82, 2.24) is 0 Å². The van der Waals surface area contributed by atoms with E-state index < -0.39 is 0 Å². The SMILES string of the molecule is N#CCCNc1cc(Cl)ccc1C#N. The van der Waals surface area contributed by atoms with Crippen LogP contribution >= 0.6 is 11.6 Å². The number of nitriles is 2. The second-order valence-electron chi connectivity index (χ2n) is 2.64. The molecule has 0 radical (unpaired) electrons. The maximum atomic E-state index is 8.77. The highest BCUT2D eigenvalue weighted by Gasteiger charge is 2.01. The standard InChI is InChI=1S/C10H8ClN3/c11-9-3-2-8(7-13)10(6-9)14-5-1-4-12/h2-3,6,14H,1,5H2. The van der Waals surface area contributed by atoms with Crippen LogP contribution < -0.4 is 5.32 Å². The van der Waals surface area contributed by atoms with Crippen LogP contribution in [0.3, 0.4) is 0 Å². The van der Waals surface area contributed by atoms with Gasteiger partial charge in [-0.3, -0.25) is 0 Å². The summed E-state index contributed by atoms with van der Waals surface area (Å²) in [6.07, 6.45) is 0.400. The van der Waals surface area contributed by atoms with E-state index in [2.05, 4.69) is 5.32 Å². The van der Waals surface area contributed by atoms with Crippen molar-refractivity contribution in [3.8, 4) is 12.1 Å². The van der Waals surface area contributed by atoms with Gasteiger partial charge in [0.05, 0.1) is 23.7 Å². The summed E-state index contributed by atoms with van der Waals surface area (Å²) in [6.45, 7) is 0.519. The van der Waals surface area contributed by atoms with Gasteiger partial charge in [-0.25, -0.2) is 0 Å². The molecular formula is C10H8ClN3. The van der Waals surface area contributed by atoms with E-state index in [0.717, 1.165) is 0 Å². The van der Waals surface area contributed by atoms with Crippen molar-refractivity contribution < 1.29 is 0 Å². The highest BCUT2D eigenvalue weighted by Crippen LogP contribution is 2.20. The Morgan fingerprint density at radius 3 is 2.79 bits per heavy atom. The molecule has 0 atom stereocenters. The number of nitrogens with one attached hydrogen (secondary N) is 1. The van der Waals surface area contributed by atoms with Crippen LogP contribution in [0.25, 0.3) is 0 Å². The molecule has 1 aromatic carbocycles. The van der Waals surface area contributed by atoms with Crippen molar-refractivity contribution in [3.05, 3.63) is 28.8 Å². The Balaban J connectivity index is 2.80. The summed E-state index contributed by atoms with van der Waals surface area (Å²) in [6, 6.07) is 9.05. The Morgan fingerprint density at radius 1 is 1.36 bits per heavy atom. The number of hydrogen-bond donors (Lipinski definition) is 1. The summed E-state index contributed by atoms with van der Waals surface area (Å²) in [5.74, 6) is 0. The fraction of sp³-hybridized carbons (Fsp3) is 0.200. The average molecular weight is 206 g/mol. The number of halogens is 1. The summed E-state index contributed by atoms with van der Waals surface area (Å²) in [7, 11) is 0. The molecule has 0 saturated heterocycles. The summed E-state index contributed by atoms with van der Waals surface area (Å²) >= 11 is 5.77. The van der Waals surface area contributed by atoms with Crippen LogP contribution in [0.1, 0.15) is 12.0 Å².